The lowest BCUT2D eigenvalue weighted by Gasteiger charge is -2.37. The molecule has 0 radical (unpaired) electrons. The Kier molecular flexibility index (Phi) is 5.07. The fourth-order valence-electron chi connectivity index (χ4n) is 5.02. The molecule has 6 rings (SSSR count). The third kappa shape index (κ3) is 4.09. The lowest BCUT2D eigenvalue weighted by Crippen LogP contribution is -2.47. The minimum Gasteiger partial charge on any atom is -0.423 e. The van der Waals surface area contributed by atoms with Gasteiger partial charge in [0.2, 0.25) is 0 Å². The van der Waals surface area contributed by atoms with Gasteiger partial charge in [-0.3, -0.25) is 4.90 Å². The van der Waals surface area contributed by atoms with Crippen LogP contribution >= 0.6 is 0 Å². The molecule has 1 saturated carbocycles. The zero-order valence-electron chi connectivity index (χ0n) is 19.3. The van der Waals surface area contributed by atoms with E-state index in [0.29, 0.717) is 6.01 Å². The summed E-state index contributed by atoms with van der Waals surface area (Å²) >= 11 is 0. The molecule has 2 fully saturated rings. The van der Waals surface area contributed by atoms with Crippen molar-refractivity contribution in [1.29, 1.82) is 0 Å². The largest absolute Gasteiger partial charge is 0.423 e. The van der Waals surface area contributed by atoms with Crippen LogP contribution in [0.4, 0.5) is 17.4 Å². The number of piperazine rings is 1. The average molecular weight is 439 g/mol. The first-order valence-electron chi connectivity index (χ1n) is 12.0. The van der Waals surface area contributed by atoms with E-state index in [1.807, 2.05) is 12.1 Å². The first kappa shape index (κ1) is 20.3. The maximum atomic E-state index is 6.19. The Bertz CT molecular complexity index is 1300. The van der Waals surface area contributed by atoms with Crippen LogP contribution in [0.25, 0.3) is 22.2 Å². The van der Waals surface area contributed by atoms with Crippen molar-refractivity contribution in [1.82, 2.24) is 9.88 Å². The van der Waals surface area contributed by atoms with Gasteiger partial charge >= 0.3 is 0 Å². The molecular weight excluding hydrogens is 408 g/mol. The summed E-state index contributed by atoms with van der Waals surface area (Å²) in [5.74, 6) is 0. The summed E-state index contributed by atoms with van der Waals surface area (Å²) < 4.78 is 6.19. The molecule has 0 unspecified atom stereocenters. The molecule has 1 aliphatic carbocycles. The van der Waals surface area contributed by atoms with Gasteiger partial charge in [0.05, 0.1) is 0 Å². The second kappa shape index (κ2) is 8.23. The number of oxazole rings is 1. The van der Waals surface area contributed by atoms with E-state index in [2.05, 4.69) is 77.5 Å². The highest BCUT2D eigenvalue weighted by atomic mass is 16.4. The maximum absolute atomic E-state index is 6.19. The van der Waals surface area contributed by atoms with Gasteiger partial charge in [-0.25, -0.2) is 0 Å². The Balaban J connectivity index is 1.22. The van der Waals surface area contributed by atoms with E-state index in [0.717, 1.165) is 47.0 Å². The first-order valence-corrected chi connectivity index (χ1v) is 12.0. The van der Waals surface area contributed by atoms with Crippen LogP contribution in [0.5, 0.6) is 0 Å². The Morgan fingerprint density at radius 3 is 2.48 bits per heavy atom. The van der Waals surface area contributed by atoms with Crippen molar-refractivity contribution in [2.45, 2.75) is 32.7 Å². The van der Waals surface area contributed by atoms with Gasteiger partial charge in [-0.05, 0) is 62.1 Å². The van der Waals surface area contributed by atoms with E-state index in [1.54, 1.807) is 0 Å². The molecule has 2 aliphatic rings. The maximum Gasteiger partial charge on any atom is 0.300 e. The van der Waals surface area contributed by atoms with Crippen LogP contribution in [-0.4, -0.2) is 42.1 Å². The lowest BCUT2D eigenvalue weighted by atomic mass is 10.0. The van der Waals surface area contributed by atoms with Crippen LogP contribution in [-0.2, 0) is 0 Å². The molecule has 0 spiro atoms. The van der Waals surface area contributed by atoms with Crippen molar-refractivity contribution < 1.29 is 4.42 Å². The molecule has 2 heterocycles. The van der Waals surface area contributed by atoms with Gasteiger partial charge in [-0.2, -0.15) is 4.98 Å². The fourth-order valence-corrected chi connectivity index (χ4v) is 5.02. The van der Waals surface area contributed by atoms with Crippen molar-refractivity contribution in [3.8, 4) is 11.1 Å². The second-order valence-electron chi connectivity index (χ2n) is 9.42. The van der Waals surface area contributed by atoms with Gasteiger partial charge in [-0.15, -0.1) is 0 Å². The number of nitrogens with zero attached hydrogens (tertiary/aromatic N) is 3. The summed E-state index contributed by atoms with van der Waals surface area (Å²) in [4.78, 5) is 9.87. The molecule has 1 saturated heterocycles. The molecule has 0 amide bonds. The highest BCUT2D eigenvalue weighted by molar-refractivity contribution is 5.91. The van der Waals surface area contributed by atoms with Crippen LogP contribution in [0.3, 0.4) is 0 Å². The molecule has 33 heavy (non-hydrogen) atoms. The Morgan fingerprint density at radius 2 is 1.73 bits per heavy atom. The minimum absolute atomic E-state index is 0.523. The van der Waals surface area contributed by atoms with E-state index in [-0.39, 0.29) is 0 Å². The van der Waals surface area contributed by atoms with Gasteiger partial charge in [0, 0.05) is 49.2 Å². The fraction of sp³-hybridized carbons (Fsp3) is 0.321. The number of fused-ring (bicyclic) bond motifs is 1. The summed E-state index contributed by atoms with van der Waals surface area (Å²) in [5, 5.41) is 3.38. The Hall–Kier alpha value is -3.31. The van der Waals surface area contributed by atoms with E-state index in [9.17, 15) is 0 Å². The number of aromatic nitrogens is 1. The van der Waals surface area contributed by atoms with Crippen LogP contribution < -0.4 is 10.2 Å². The molecule has 1 N–H and O–H groups in total. The zero-order chi connectivity index (χ0) is 22.4. The van der Waals surface area contributed by atoms with Crippen molar-refractivity contribution in [3.63, 3.8) is 0 Å². The minimum atomic E-state index is 0.523. The third-order valence-corrected chi connectivity index (χ3v) is 6.91. The van der Waals surface area contributed by atoms with Crippen LogP contribution in [0.2, 0.25) is 0 Å². The molecule has 0 bridgehead atoms. The first-order chi connectivity index (χ1) is 16.1. The molecule has 0 atom stereocenters. The predicted octanol–water partition coefficient (Wildman–Crippen LogP) is 6.14. The van der Waals surface area contributed by atoms with Crippen LogP contribution in [0.15, 0.2) is 65.1 Å². The highest BCUT2D eigenvalue weighted by Crippen LogP contribution is 2.33. The highest BCUT2D eigenvalue weighted by Gasteiger charge is 2.31. The SMILES string of the molecule is Cc1cccc(-c2cccc3nc(Nc4ccc(N5CCN(C6CC6)CC5)c(C)c4)oc23)c1. The standard InChI is InChI=1S/C28H30N4O/c1-19-5-3-6-21(17-19)24-7-4-8-25-27(24)33-28(30-25)29-22-9-12-26(20(2)18-22)32-15-13-31(14-16-32)23-10-11-23/h3-9,12,17-18,23H,10-11,13-16H2,1-2H3,(H,29,30). The van der Waals surface area contributed by atoms with E-state index >= 15 is 0 Å². The predicted molar refractivity (Wildman–Crippen MR) is 135 cm³/mol. The Morgan fingerprint density at radius 1 is 0.909 bits per heavy atom. The molecular formula is C28H30N4O. The van der Waals surface area contributed by atoms with Gasteiger partial charge in [0.1, 0.15) is 5.52 Å². The van der Waals surface area contributed by atoms with Crippen LogP contribution in [0, 0.1) is 13.8 Å². The number of benzene rings is 3. The summed E-state index contributed by atoms with van der Waals surface area (Å²) in [5.41, 5.74) is 8.71. The number of para-hydroxylation sites is 1. The molecule has 5 nitrogen and oxygen atoms in total. The number of anilines is 3. The molecule has 1 aromatic heterocycles. The van der Waals surface area contributed by atoms with Crippen molar-refractivity contribution in [2.75, 3.05) is 36.4 Å². The summed E-state index contributed by atoms with van der Waals surface area (Å²) in [7, 11) is 0. The molecule has 1 aliphatic heterocycles. The topological polar surface area (TPSA) is 44.5 Å². The van der Waals surface area contributed by atoms with Gasteiger partial charge in [0.25, 0.3) is 6.01 Å². The van der Waals surface area contributed by atoms with Crippen molar-refractivity contribution >= 4 is 28.5 Å². The smallest absolute Gasteiger partial charge is 0.300 e. The number of hydrogen-bond acceptors (Lipinski definition) is 5. The van der Waals surface area contributed by atoms with Gasteiger partial charge < -0.3 is 14.6 Å². The van der Waals surface area contributed by atoms with E-state index in [4.69, 9.17) is 9.40 Å². The average Bonchev–Trinajstić information content (AvgIpc) is 3.59. The second-order valence-corrected chi connectivity index (χ2v) is 9.42. The van der Waals surface area contributed by atoms with Gasteiger partial charge in [0.15, 0.2) is 5.58 Å². The normalized spacial score (nSPS) is 17.0. The number of rotatable bonds is 5. The lowest BCUT2D eigenvalue weighted by molar-refractivity contribution is 0.248. The molecule has 5 heteroatoms. The third-order valence-electron chi connectivity index (χ3n) is 6.91. The number of aryl methyl sites for hydroxylation is 2. The number of nitrogens with one attached hydrogen (secondary N) is 1. The quantitative estimate of drug-likeness (QED) is 0.405. The molecule has 3 aromatic carbocycles. The van der Waals surface area contributed by atoms with E-state index < -0.39 is 0 Å². The summed E-state index contributed by atoms with van der Waals surface area (Å²) in [6.45, 7) is 8.87. The zero-order valence-corrected chi connectivity index (χ0v) is 19.3. The van der Waals surface area contributed by atoms with Gasteiger partial charge in [-0.1, -0.05) is 42.0 Å². The summed E-state index contributed by atoms with van der Waals surface area (Å²) in [6, 6.07) is 22.5. The monoisotopic (exact) mass is 438 g/mol. The van der Waals surface area contributed by atoms with E-state index in [1.165, 1.54) is 42.7 Å². The van der Waals surface area contributed by atoms with Crippen molar-refractivity contribution in [3.05, 3.63) is 71.8 Å². The summed E-state index contributed by atoms with van der Waals surface area (Å²) in [6.07, 6.45) is 2.78. The van der Waals surface area contributed by atoms with Crippen LogP contribution in [0.1, 0.15) is 24.0 Å². The number of hydrogen-bond donors (Lipinski definition) is 1. The molecule has 4 aromatic rings. The van der Waals surface area contributed by atoms with Crippen molar-refractivity contribution in [2.24, 2.45) is 0 Å². The molecule has 168 valence electrons. The Labute approximate surface area is 195 Å².